The van der Waals surface area contributed by atoms with Crippen molar-refractivity contribution in [3.63, 3.8) is 0 Å². The van der Waals surface area contributed by atoms with Crippen LogP contribution in [0.3, 0.4) is 0 Å². The number of ether oxygens (including phenoxy) is 2. The third-order valence-corrected chi connectivity index (χ3v) is 9.81. The van der Waals surface area contributed by atoms with Crippen molar-refractivity contribution in [2.45, 2.75) is 200 Å². The van der Waals surface area contributed by atoms with Crippen molar-refractivity contribution in [3.05, 3.63) is 12.2 Å². The highest BCUT2D eigenvalue weighted by Crippen LogP contribution is 2.43. The highest BCUT2D eigenvalue weighted by atomic mass is 31.2. The van der Waals surface area contributed by atoms with E-state index in [2.05, 4.69) is 26.0 Å². The molecular formula is C42H83NO8P+. The van der Waals surface area contributed by atoms with E-state index in [0.717, 1.165) is 57.8 Å². The Labute approximate surface area is 326 Å². The molecule has 0 heterocycles. The van der Waals surface area contributed by atoms with Crippen LogP contribution in [0.5, 0.6) is 0 Å². The number of likely N-dealkylation sites (N-methyl/N-ethyl adjacent to an activating group) is 1. The minimum Gasteiger partial charge on any atom is -0.462 e. The standard InChI is InChI=1S/C42H82NO8P/c1-6-8-10-12-14-16-18-20-21-23-25-27-29-31-33-35-42(45)51-40(39-50-52(46,47)49-37-36-43(3,4)5)38-48-41(44)34-32-30-28-26-24-22-19-17-15-13-11-9-7-2/h20-21,40H,6-19,22-39H2,1-5H3/p+1/t40-/m1/s1/i38D2,39D,40D/t39?,40-. The molecule has 0 bridgehead atoms. The summed E-state index contributed by atoms with van der Waals surface area (Å²) in [5.74, 6) is -1.98. The van der Waals surface area contributed by atoms with Gasteiger partial charge in [-0.1, -0.05) is 154 Å². The number of carbonyl (C=O) groups is 2. The zero-order valence-electron chi connectivity index (χ0n) is 38.1. The Balaban J connectivity index is 4.97. The first kappa shape index (κ1) is 43.5. The number of unbranched alkanes of at least 4 members (excludes halogenated alkanes) is 23. The second-order valence-corrected chi connectivity index (χ2v) is 16.7. The third-order valence-electron chi connectivity index (χ3n) is 8.93. The fourth-order valence-electron chi connectivity index (χ4n) is 5.60. The highest BCUT2D eigenvalue weighted by Gasteiger charge is 2.27. The summed E-state index contributed by atoms with van der Waals surface area (Å²) in [5.41, 5.74) is 0. The number of quaternary nitrogens is 1. The minimum absolute atomic E-state index is 0.133. The van der Waals surface area contributed by atoms with Crippen molar-refractivity contribution in [2.24, 2.45) is 0 Å². The molecule has 0 rings (SSSR count). The molecule has 0 amide bonds. The van der Waals surface area contributed by atoms with E-state index in [1.54, 1.807) is 0 Å². The Morgan fingerprint density at radius 2 is 1.06 bits per heavy atom. The molecule has 0 aromatic heterocycles. The van der Waals surface area contributed by atoms with Gasteiger partial charge in [-0.05, 0) is 38.5 Å². The number of hydrogen-bond donors (Lipinski definition) is 1. The number of hydrogen-bond acceptors (Lipinski definition) is 7. The van der Waals surface area contributed by atoms with Gasteiger partial charge in [-0.15, -0.1) is 0 Å². The average Bonchev–Trinajstić information content (AvgIpc) is 3.10. The zero-order valence-corrected chi connectivity index (χ0v) is 35.0. The van der Waals surface area contributed by atoms with Crippen molar-refractivity contribution in [1.82, 2.24) is 0 Å². The zero-order chi connectivity index (χ0) is 42.2. The summed E-state index contributed by atoms with van der Waals surface area (Å²) >= 11 is 0. The molecule has 0 spiro atoms. The van der Waals surface area contributed by atoms with Crippen LogP contribution in [0.4, 0.5) is 0 Å². The molecular weight excluding hydrogens is 677 g/mol. The molecule has 0 fully saturated rings. The van der Waals surface area contributed by atoms with Crippen LogP contribution >= 0.6 is 7.82 Å². The van der Waals surface area contributed by atoms with Gasteiger partial charge in [0.1, 0.15) is 19.7 Å². The van der Waals surface area contributed by atoms with Crippen LogP contribution in [0.1, 0.15) is 199 Å². The SMILES string of the molecule is [2H]C(OP(=O)(O)OCC[N+](C)(C)C)[C@]([2H])(OC(=O)CCCCCCCC=CCCCCCCCC)C([2H])([2H])OC(=O)CCCCCCCCCCCCCCC. The first-order valence-corrected chi connectivity index (χ1v) is 22.5. The van der Waals surface area contributed by atoms with Gasteiger partial charge in [-0.25, -0.2) is 4.57 Å². The Morgan fingerprint density at radius 1 is 0.654 bits per heavy atom. The topological polar surface area (TPSA) is 108 Å². The van der Waals surface area contributed by atoms with E-state index in [4.69, 9.17) is 24.0 Å². The van der Waals surface area contributed by atoms with Gasteiger partial charge in [0.25, 0.3) is 0 Å². The van der Waals surface area contributed by atoms with Crippen LogP contribution in [-0.2, 0) is 32.7 Å². The van der Waals surface area contributed by atoms with Crippen molar-refractivity contribution >= 4 is 19.8 Å². The van der Waals surface area contributed by atoms with Crippen LogP contribution in [0, 0.1) is 0 Å². The van der Waals surface area contributed by atoms with Gasteiger partial charge in [0.15, 0.2) is 6.08 Å². The van der Waals surface area contributed by atoms with Gasteiger partial charge in [0, 0.05) is 12.8 Å². The molecule has 0 saturated heterocycles. The molecule has 9 nitrogen and oxygen atoms in total. The summed E-state index contributed by atoms with van der Waals surface area (Å²) < 4.78 is 67.2. The Hall–Kier alpha value is -1.25. The predicted octanol–water partition coefficient (Wildman–Crippen LogP) is 11.8. The molecule has 3 atom stereocenters. The monoisotopic (exact) mass is 765 g/mol. The molecule has 0 aromatic carbocycles. The molecule has 0 aliphatic heterocycles. The van der Waals surface area contributed by atoms with Crippen LogP contribution in [0.15, 0.2) is 12.2 Å². The van der Waals surface area contributed by atoms with Gasteiger partial charge in [-0.2, -0.15) is 0 Å². The lowest BCUT2D eigenvalue weighted by molar-refractivity contribution is -0.870. The smallest absolute Gasteiger partial charge is 0.462 e. The van der Waals surface area contributed by atoms with Crippen molar-refractivity contribution in [3.8, 4) is 0 Å². The second-order valence-electron chi connectivity index (χ2n) is 15.3. The van der Waals surface area contributed by atoms with E-state index < -0.39 is 39.0 Å². The van der Waals surface area contributed by atoms with Gasteiger partial charge in [0.2, 0.25) is 0 Å². The number of nitrogens with zero attached hydrogens (tertiary/aromatic N) is 1. The Morgan fingerprint density at radius 3 is 1.50 bits per heavy atom. The van der Waals surface area contributed by atoms with Crippen LogP contribution in [0.25, 0.3) is 0 Å². The average molecular weight is 765 g/mol. The first-order chi connectivity index (χ1) is 26.5. The molecule has 0 aliphatic carbocycles. The predicted molar refractivity (Wildman–Crippen MR) is 215 cm³/mol. The van der Waals surface area contributed by atoms with Gasteiger partial charge >= 0.3 is 19.8 Å². The largest absolute Gasteiger partial charge is 0.472 e. The summed E-state index contributed by atoms with van der Waals surface area (Å²) in [4.78, 5) is 36.0. The number of allylic oxidation sites excluding steroid dienone is 2. The van der Waals surface area contributed by atoms with E-state index in [1.165, 1.54) is 89.9 Å². The minimum atomic E-state index is -5.00. The summed E-state index contributed by atoms with van der Waals surface area (Å²) in [7, 11) is 0.518. The van der Waals surface area contributed by atoms with Gasteiger partial charge in [0.05, 0.1) is 33.2 Å². The lowest BCUT2D eigenvalue weighted by Gasteiger charge is -2.24. The second kappa shape index (κ2) is 35.5. The number of phosphoric acid groups is 1. The lowest BCUT2D eigenvalue weighted by Crippen LogP contribution is -2.37. The fourth-order valence-corrected chi connectivity index (χ4v) is 6.21. The number of phosphoric ester groups is 1. The third kappa shape index (κ3) is 38.5. The van der Waals surface area contributed by atoms with Crippen LogP contribution in [-0.4, -0.2) is 74.8 Å². The van der Waals surface area contributed by atoms with E-state index in [9.17, 15) is 19.0 Å². The Bertz CT molecular complexity index is 1080. The van der Waals surface area contributed by atoms with Crippen molar-refractivity contribution < 1.29 is 47.5 Å². The summed E-state index contributed by atoms with van der Waals surface area (Å²) in [5, 5.41) is 0. The van der Waals surface area contributed by atoms with E-state index in [-0.39, 0.29) is 19.4 Å². The van der Waals surface area contributed by atoms with Crippen molar-refractivity contribution in [1.29, 1.82) is 0 Å². The van der Waals surface area contributed by atoms with Crippen LogP contribution in [0.2, 0.25) is 0 Å². The molecule has 0 aromatic rings. The molecule has 1 N–H and O–H groups in total. The van der Waals surface area contributed by atoms with Gasteiger partial charge in [-0.3, -0.25) is 18.6 Å². The summed E-state index contributed by atoms with van der Waals surface area (Å²) in [6, 6.07) is 0. The van der Waals surface area contributed by atoms with Gasteiger partial charge < -0.3 is 18.9 Å². The molecule has 10 heteroatoms. The molecule has 0 radical (unpaired) electrons. The van der Waals surface area contributed by atoms with Crippen molar-refractivity contribution in [2.75, 3.05) is 47.4 Å². The highest BCUT2D eigenvalue weighted by molar-refractivity contribution is 7.47. The number of rotatable bonds is 39. The maximum Gasteiger partial charge on any atom is 0.472 e. The molecule has 52 heavy (non-hydrogen) atoms. The molecule has 0 aliphatic rings. The number of carbonyl (C=O) groups excluding carboxylic acids is 2. The first-order valence-electron chi connectivity index (χ1n) is 23.0. The van der Waals surface area contributed by atoms with E-state index >= 15 is 0 Å². The van der Waals surface area contributed by atoms with E-state index in [1.807, 2.05) is 21.1 Å². The summed E-state index contributed by atoms with van der Waals surface area (Å²) in [6.45, 7) is -1.44. The Kier molecular flexibility index (Phi) is 29.6. The van der Waals surface area contributed by atoms with E-state index in [0.29, 0.717) is 30.3 Å². The normalized spacial score (nSPS) is 16.3. The maximum atomic E-state index is 12.9. The molecule has 0 saturated carbocycles. The number of esters is 2. The quantitative estimate of drug-likeness (QED) is 0.0217. The molecule has 308 valence electrons. The molecule has 2 unspecified atom stereocenters. The fraction of sp³-hybridized carbons (Fsp3) is 0.905. The lowest BCUT2D eigenvalue weighted by atomic mass is 10.0. The van der Waals surface area contributed by atoms with Crippen LogP contribution < -0.4 is 0 Å². The maximum absolute atomic E-state index is 12.9. The summed E-state index contributed by atoms with van der Waals surface area (Å²) in [6.07, 6.45) is 29.2.